The van der Waals surface area contributed by atoms with E-state index in [0.717, 1.165) is 41.0 Å². The SMILES string of the molecule is C.C.C.C.CC(=O)Cc1cn(-c2cccnc2)nc1Cl.CC(C)(C)[O-].CCCc1cn(-c2cccnc2)nc1Cl.CCN(C(C)=O)c1cn(-c2cccnc2)nc1Cl.[Na+]. The Balaban J connectivity index is -0.000000726. The van der Waals surface area contributed by atoms with Crippen molar-refractivity contribution in [1.82, 2.24) is 44.3 Å². The summed E-state index contributed by atoms with van der Waals surface area (Å²) in [7, 11) is 0. The van der Waals surface area contributed by atoms with E-state index in [4.69, 9.17) is 34.8 Å². The molecule has 6 heterocycles. The van der Waals surface area contributed by atoms with Crippen molar-refractivity contribution in [3.05, 3.63) is 119 Å². The standard InChI is InChI=1S/C12H13ClN4O.C11H10ClN3O.C11H12ClN3.C4H9O.4CH4.Na/c1-3-16(9(2)18)11-8-17(15-12(11)13)10-5-4-6-14-7-10;1-8(16)5-9-7-15(14-11(9)12)10-3-2-4-13-6-10;1-2-4-9-8-15(14-11(9)12)10-5-3-6-13-7-10;1-4(2,3)5;;;;;/h4-8H,3H2,1-2H3;2-4,6-7H,5H2,1H3;3,5-8H,2,4H2,1H3;1-3H3;4*1H4;/q;;;-1;;;;;+1. The number of aryl methyl sites for hydroxylation is 1. The Labute approximate surface area is 388 Å². The number of carbonyl (C=O) groups excluding carboxylic acids is 2. The third-order valence-electron chi connectivity index (χ3n) is 6.81. The van der Waals surface area contributed by atoms with Gasteiger partial charge in [0.15, 0.2) is 15.5 Å². The molecule has 1 amide bonds. The van der Waals surface area contributed by atoms with Crippen LogP contribution in [0.15, 0.2) is 92.2 Å². The minimum atomic E-state index is -0.750. The van der Waals surface area contributed by atoms with E-state index in [1.54, 1.807) is 89.3 Å². The minimum absolute atomic E-state index is 0. The molecule has 0 bridgehead atoms. The van der Waals surface area contributed by atoms with Gasteiger partial charge in [-0.15, -0.1) is 5.60 Å². The molecule has 318 valence electrons. The molecule has 0 radical (unpaired) electrons. The molecule has 0 aliphatic rings. The second-order valence-electron chi connectivity index (χ2n) is 12.7. The van der Waals surface area contributed by atoms with Crippen LogP contribution in [0.5, 0.6) is 0 Å². The monoisotopic (exact) mass is 880 g/mol. The van der Waals surface area contributed by atoms with Crippen molar-refractivity contribution in [2.45, 2.75) is 103 Å². The van der Waals surface area contributed by atoms with Crippen LogP contribution in [0.3, 0.4) is 0 Å². The summed E-state index contributed by atoms with van der Waals surface area (Å²) in [6.45, 7) is 12.5. The molecule has 0 N–H and O–H groups in total. The minimum Gasteiger partial charge on any atom is -0.850 e. The van der Waals surface area contributed by atoms with Crippen molar-refractivity contribution in [3.8, 4) is 17.1 Å². The molecular weight excluding hydrogens is 822 g/mol. The number of anilines is 1. The normalized spacial score (nSPS) is 9.68. The number of rotatable bonds is 9. The van der Waals surface area contributed by atoms with Gasteiger partial charge in [0.05, 0.1) is 41.8 Å². The number of aromatic nitrogens is 9. The van der Waals surface area contributed by atoms with E-state index in [2.05, 4.69) is 37.2 Å². The van der Waals surface area contributed by atoms with Gasteiger partial charge in [0.1, 0.15) is 11.5 Å². The summed E-state index contributed by atoms with van der Waals surface area (Å²) in [4.78, 5) is 36.1. The van der Waals surface area contributed by atoms with E-state index in [1.807, 2.05) is 49.5 Å². The molecule has 13 nitrogen and oxygen atoms in total. The predicted molar refractivity (Wildman–Crippen MR) is 238 cm³/mol. The van der Waals surface area contributed by atoms with Crippen LogP contribution in [-0.2, 0) is 22.4 Å². The smallest absolute Gasteiger partial charge is 0.850 e. The Morgan fingerprint density at radius 2 is 1.05 bits per heavy atom. The van der Waals surface area contributed by atoms with Crippen LogP contribution < -0.4 is 39.6 Å². The largest absolute Gasteiger partial charge is 1.00 e. The zero-order chi connectivity index (χ0) is 39.8. The predicted octanol–water partition coefficient (Wildman–Crippen LogP) is 6.91. The number of hydrogen-bond acceptors (Lipinski definition) is 9. The maximum atomic E-state index is 11.5. The number of Topliss-reactive ketones (excluding diaryl/α,β-unsaturated/α-hetero) is 1. The van der Waals surface area contributed by atoms with E-state index in [-0.39, 0.29) is 71.0 Å². The van der Waals surface area contributed by atoms with Gasteiger partial charge in [-0.1, -0.05) is 98.6 Å². The molecule has 0 aromatic carbocycles. The number of amides is 1. The van der Waals surface area contributed by atoms with Crippen molar-refractivity contribution in [1.29, 1.82) is 0 Å². The molecule has 6 aromatic rings. The second kappa shape index (κ2) is 29.3. The summed E-state index contributed by atoms with van der Waals surface area (Å²) in [5, 5.41) is 23.9. The zero-order valence-electron chi connectivity index (χ0n) is 32.3. The molecule has 0 saturated heterocycles. The number of ketones is 1. The van der Waals surface area contributed by atoms with Gasteiger partial charge >= 0.3 is 29.6 Å². The van der Waals surface area contributed by atoms with E-state index in [9.17, 15) is 14.7 Å². The fraction of sp³-hybridized carbons (Fsp3) is 0.381. The average Bonchev–Trinajstić information content (AvgIpc) is 3.82. The first-order valence-electron chi connectivity index (χ1n) is 17.0. The number of halogens is 3. The first-order chi connectivity index (χ1) is 25.6. The number of hydrogen-bond donors (Lipinski definition) is 0. The molecule has 0 fully saturated rings. The van der Waals surface area contributed by atoms with Crippen LogP contribution in [0, 0.1) is 0 Å². The molecule has 0 spiro atoms. The first-order valence-corrected chi connectivity index (χ1v) is 18.2. The summed E-state index contributed by atoms with van der Waals surface area (Å²) < 4.78 is 4.99. The van der Waals surface area contributed by atoms with Gasteiger partial charge in [0.2, 0.25) is 5.91 Å². The van der Waals surface area contributed by atoms with E-state index in [0.29, 0.717) is 34.1 Å². The molecule has 0 aliphatic heterocycles. The third-order valence-corrected chi connectivity index (χ3v) is 7.71. The zero-order valence-corrected chi connectivity index (χ0v) is 36.6. The Hall–Kier alpha value is -3.95. The maximum absolute atomic E-state index is 11.5. The molecule has 0 atom stereocenters. The summed E-state index contributed by atoms with van der Waals surface area (Å²) in [6, 6.07) is 11.2. The molecule has 17 heteroatoms. The first kappa shape index (κ1) is 59.4. The van der Waals surface area contributed by atoms with Gasteiger partial charge in [-0.25, -0.2) is 14.0 Å². The molecule has 0 unspecified atom stereocenters. The van der Waals surface area contributed by atoms with Crippen LogP contribution in [0.4, 0.5) is 5.69 Å². The third kappa shape index (κ3) is 20.2. The Kier molecular flexibility index (Phi) is 29.5. The molecule has 0 aliphatic carbocycles. The van der Waals surface area contributed by atoms with E-state index < -0.39 is 5.60 Å². The fourth-order valence-electron chi connectivity index (χ4n) is 4.55. The van der Waals surface area contributed by atoms with Gasteiger partial charge < -0.3 is 10.0 Å². The van der Waals surface area contributed by atoms with Gasteiger partial charge in [0, 0.05) is 62.0 Å². The second-order valence-corrected chi connectivity index (χ2v) is 13.7. The van der Waals surface area contributed by atoms with Gasteiger partial charge in [-0.05, 0) is 56.7 Å². The maximum Gasteiger partial charge on any atom is 1.00 e. The van der Waals surface area contributed by atoms with Gasteiger partial charge in [-0.3, -0.25) is 24.5 Å². The number of carbonyl (C=O) groups is 2. The van der Waals surface area contributed by atoms with Crippen LogP contribution >= 0.6 is 34.8 Å². The Bertz CT molecular complexity index is 2050. The van der Waals surface area contributed by atoms with Crippen molar-refractivity contribution >= 4 is 52.2 Å². The van der Waals surface area contributed by atoms with E-state index >= 15 is 0 Å². The molecular formula is C42H60Cl3N10NaO3. The topological polar surface area (TPSA) is 153 Å². The van der Waals surface area contributed by atoms with Crippen LogP contribution in [0.1, 0.15) is 95.7 Å². The van der Waals surface area contributed by atoms with Crippen molar-refractivity contribution in [2.24, 2.45) is 0 Å². The average molecular weight is 882 g/mol. The Morgan fingerprint density at radius 1 is 0.678 bits per heavy atom. The number of nitrogens with zero attached hydrogens (tertiary/aromatic N) is 10. The molecule has 59 heavy (non-hydrogen) atoms. The van der Waals surface area contributed by atoms with Crippen LogP contribution in [0.25, 0.3) is 17.1 Å². The van der Waals surface area contributed by atoms with Crippen LogP contribution in [0.2, 0.25) is 15.5 Å². The molecule has 0 saturated carbocycles. The van der Waals surface area contributed by atoms with Gasteiger partial charge in [-0.2, -0.15) is 15.3 Å². The summed E-state index contributed by atoms with van der Waals surface area (Å²) >= 11 is 18.0. The summed E-state index contributed by atoms with van der Waals surface area (Å²) in [6.07, 6.45) is 18.0. The quantitative estimate of drug-likeness (QED) is 0.141. The Morgan fingerprint density at radius 3 is 1.39 bits per heavy atom. The van der Waals surface area contributed by atoms with Crippen molar-refractivity contribution in [3.63, 3.8) is 0 Å². The number of pyridine rings is 3. The van der Waals surface area contributed by atoms with E-state index in [1.165, 1.54) is 13.8 Å². The fourth-order valence-corrected chi connectivity index (χ4v) is 5.21. The van der Waals surface area contributed by atoms with Crippen molar-refractivity contribution < 1.29 is 44.3 Å². The summed E-state index contributed by atoms with van der Waals surface area (Å²) in [5.41, 5.74) is 4.22. The molecule has 6 aromatic heterocycles. The van der Waals surface area contributed by atoms with Gasteiger partial charge in [0.25, 0.3) is 0 Å². The molecule has 6 rings (SSSR count). The van der Waals surface area contributed by atoms with Crippen molar-refractivity contribution in [2.75, 3.05) is 11.4 Å². The summed E-state index contributed by atoms with van der Waals surface area (Å²) in [5.74, 6) is -0.00206. The van der Waals surface area contributed by atoms with Crippen LogP contribution in [-0.4, -0.2) is 68.1 Å².